The fraction of sp³-hybridized carbons (Fsp3) is 0.500. The van der Waals surface area contributed by atoms with Crippen molar-refractivity contribution in [2.45, 2.75) is 50.5 Å². The van der Waals surface area contributed by atoms with Crippen LogP contribution in [0.15, 0.2) is 24.3 Å². The van der Waals surface area contributed by atoms with Gasteiger partial charge in [-0.3, -0.25) is 14.9 Å². The second kappa shape index (κ2) is 10.4. The van der Waals surface area contributed by atoms with Gasteiger partial charge in [-0.2, -0.15) is 0 Å². The number of halogens is 1. The second-order valence-corrected chi connectivity index (χ2v) is 7.55. The molecule has 26 heavy (non-hydrogen) atoms. The van der Waals surface area contributed by atoms with Crippen LogP contribution in [0.1, 0.15) is 38.2 Å². The lowest BCUT2D eigenvalue weighted by molar-refractivity contribution is -0.151. The Hall–Kier alpha value is -1.73. The number of carbonyl (C=O) groups excluding carboxylic acids is 3. The van der Waals surface area contributed by atoms with Crippen molar-refractivity contribution in [3.05, 3.63) is 34.9 Å². The van der Waals surface area contributed by atoms with Gasteiger partial charge in [-0.1, -0.05) is 42.6 Å². The van der Waals surface area contributed by atoms with E-state index >= 15 is 0 Å². The monoisotopic (exact) mass is 398 g/mol. The van der Waals surface area contributed by atoms with E-state index in [1.807, 2.05) is 18.2 Å². The minimum atomic E-state index is -1.03. The van der Waals surface area contributed by atoms with Gasteiger partial charge in [0.1, 0.15) is 0 Å². The molecule has 0 bridgehead atoms. The summed E-state index contributed by atoms with van der Waals surface area (Å²) in [6.07, 6.45) is 2.99. The molecule has 1 atom stereocenters. The van der Waals surface area contributed by atoms with Crippen molar-refractivity contribution in [3.8, 4) is 0 Å². The maximum Gasteiger partial charge on any atom is 0.321 e. The van der Waals surface area contributed by atoms with Gasteiger partial charge in [-0.15, -0.1) is 11.8 Å². The highest BCUT2D eigenvalue weighted by molar-refractivity contribution is 7.99. The molecule has 0 aliphatic heterocycles. The number of amides is 3. The Morgan fingerprint density at radius 3 is 2.65 bits per heavy atom. The summed E-state index contributed by atoms with van der Waals surface area (Å²) in [6, 6.07) is 6.97. The van der Waals surface area contributed by atoms with Gasteiger partial charge >= 0.3 is 12.0 Å². The molecular weight excluding hydrogens is 376 g/mol. The molecule has 6 nitrogen and oxygen atoms in total. The summed E-state index contributed by atoms with van der Waals surface area (Å²) >= 11 is 7.40. The molecule has 0 aromatic heterocycles. The average Bonchev–Trinajstić information content (AvgIpc) is 3.09. The Morgan fingerprint density at radius 1 is 1.27 bits per heavy atom. The maximum absolute atomic E-state index is 11.9. The molecule has 8 heteroatoms. The third-order valence-electron chi connectivity index (χ3n) is 4.04. The van der Waals surface area contributed by atoms with Crippen LogP contribution < -0.4 is 10.6 Å². The van der Waals surface area contributed by atoms with E-state index in [2.05, 4.69) is 10.6 Å². The maximum atomic E-state index is 11.9. The zero-order chi connectivity index (χ0) is 18.9. The van der Waals surface area contributed by atoms with Crippen LogP contribution in [0, 0.1) is 0 Å². The predicted octanol–water partition coefficient (Wildman–Crippen LogP) is 3.27. The molecule has 0 spiro atoms. The molecule has 2 N–H and O–H groups in total. The molecule has 0 saturated heterocycles. The van der Waals surface area contributed by atoms with E-state index in [0.29, 0.717) is 10.8 Å². The van der Waals surface area contributed by atoms with Crippen molar-refractivity contribution in [3.63, 3.8) is 0 Å². The Morgan fingerprint density at radius 2 is 1.96 bits per heavy atom. The summed E-state index contributed by atoms with van der Waals surface area (Å²) in [7, 11) is 0. The molecular formula is C18H23ClN2O4S. The van der Waals surface area contributed by atoms with Crippen LogP contribution in [0.2, 0.25) is 5.02 Å². The average molecular weight is 399 g/mol. The molecule has 1 aliphatic rings. The van der Waals surface area contributed by atoms with Gasteiger partial charge in [0.25, 0.3) is 5.91 Å². The van der Waals surface area contributed by atoms with Crippen LogP contribution in [-0.4, -0.2) is 35.8 Å². The lowest BCUT2D eigenvalue weighted by Crippen LogP contribution is -2.47. The van der Waals surface area contributed by atoms with Gasteiger partial charge in [0.15, 0.2) is 6.10 Å². The van der Waals surface area contributed by atoms with E-state index in [0.717, 1.165) is 31.2 Å². The van der Waals surface area contributed by atoms with E-state index < -0.39 is 24.0 Å². The van der Waals surface area contributed by atoms with Crippen LogP contribution in [-0.2, 0) is 20.1 Å². The minimum absolute atomic E-state index is 0.0944. The van der Waals surface area contributed by atoms with Gasteiger partial charge in [0.05, 0.1) is 5.75 Å². The summed E-state index contributed by atoms with van der Waals surface area (Å²) in [6.45, 7) is 1.44. The summed E-state index contributed by atoms with van der Waals surface area (Å²) in [5.41, 5.74) is 0.932. The summed E-state index contributed by atoms with van der Waals surface area (Å²) in [4.78, 5) is 35.5. The molecule has 2 rings (SSSR count). The summed E-state index contributed by atoms with van der Waals surface area (Å²) < 4.78 is 5.07. The van der Waals surface area contributed by atoms with Gasteiger partial charge in [0, 0.05) is 16.8 Å². The number of thioether (sulfide) groups is 1. The number of rotatable bonds is 7. The second-order valence-electron chi connectivity index (χ2n) is 6.16. The summed E-state index contributed by atoms with van der Waals surface area (Å²) in [5, 5.41) is 5.61. The van der Waals surface area contributed by atoms with Crippen LogP contribution >= 0.6 is 23.4 Å². The number of imide groups is 1. The van der Waals surface area contributed by atoms with Crippen LogP contribution in [0.5, 0.6) is 0 Å². The van der Waals surface area contributed by atoms with Crippen molar-refractivity contribution in [1.82, 2.24) is 10.6 Å². The fourth-order valence-electron chi connectivity index (χ4n) is 2.65. The Bertz CT molecular complexity index is 650. The van der Waals surface area contributed by atoms with E-state index in [1.165, 1.54) is 18.7 Å². The lowest BCUT2D eigenvalue weighted by Gasteiger charge is -2.15. The van der Waals surface area contributed by atoms with Gasteiger partial charge in [-0.25, -0.2) is 4.79 Å². The van der Waals surface area contributed by atoms with E-state index in [4.69, 9.17) is 16.3 Å². The first-order valence-electron chi connectivity index (χ1n) is 8.57. The first-order valence-corrected chi connectivity index (χ1v) is 10.1. The quantitative estimate of drug-likeness (QED) is 0.688. The zero-order valence-electron chi connectivity index (χ0n) is 14.6. The van der Waals surface area contributed by atoms with E-state index in [9.17, 15) is 14.4 Å². The normalized spacial score (nSPS) is 15.3. The lowest BCUT2D eigenvalue weighted by atomic mass is 10.2. The molecule has 3 amide bonds. The Balaban J connectivity index is 1.66. The van der Waals surface area contributed by atoms with E-state index in [1.54, 1.807) is 6.07 Å². The van der Waals surface area contributed by atoms with Crippen LogP contribution in [0.4, 0.5) is 4.79 Å². The number of ether oxygens (including phenoxy) is 1. The molecule has 0 heterocycles. The van der Waals surface area contributed by atoms with Crippen molar-refractivity contribution >= 4 is 41.3 Å². The first-order chi connectivity index (χ1) is 12.5. The first kappa shape index (κ1) is 20.6. The molecule has 1 aromatic rings. The number of hydrogen-bond acceptors (Lipinski definition) is 5. The highest BCUT2D eigenvalue weighted by atomic mass is 35.5. The van der Waals surface area contributed by atoms with Crippen molar-refractivity contribution < 1.29 is 19.1 Å². The molecule has 0 unspecified atom stereocenters. The largest absolute Gasteiger partial charge is 0.452 e. The number of hydrogen-bond donors (Lipinski definition) is 2. The molecule has 142 valence electrons. The Kier molecular flexibility index (Phi) is 8.25. The zero-order valence-corrected chi connectivity index (χ0v) is 16.2. The fourth-order valence-corrected chi connectivity index (χ4v) is 3.74. The van der Waals surface area contributed by atoms with Crippen LogP contribution in [0.25, 0.3) is 0 Å². The minimum Gasteiger partial charge on any atom is -0.452 e. The predicted molar refractivity (Wildman–Crippen MR) is 102 cm³/mol. The third kappa shape index (κ3) is 6.88. The Labute approximate surface area is 162 Å². The highest BCUT2D eigenvalue weighted by Gasteiger charge is 2.22. The molecule has 1 saturated carbocycles. The standard InChI is InChI=1S/C18H23ClN2O4S/c1-12(17(23)21-18(24)20-14-7-3-4-8-14)25-16(22)11-26-10-13-6-2-5-9-15(13)19/h2,5-6,9,12,14H,3-4,7-8,10-11H2,1H3,(H2,20,21,23,24)/t12-/m1/s1. The van der Waals surface area contributed by atoms with Gasteiger partial charge in [0.2, 0.25) is 0 Å². The third-order valence-corrected chi connectivity index (χ3v) is 5.36. The number of esters is 1. The molecule has 1 aliphatic carbocycles. The van der Waals surface area contributed by atoms with Crippen molar-refractivity contribution in [2.24, 2.45) is 0 Å². The highest BCUT2D eigenvalue weighted by Crippen LogP contribution is 2.21. The number of benzene rings is 1. The smallest absolute Gasteiger partial charge is 0.321 e. The van der Waals surface area contributed by atoms with Gasteiger partial charge in [-0.05, 0) is 31.4 Å². The van der Waals surface area contributed by atoms with Crippen molar-refractivity contribution in [2.75, 3.05) is 5.75 Å². The number of urea groups is 1. The summed E-state index contributed by atoms with van der Waals surface area (Å²) in [5.74, 6) is -0.484. The molecule has 0 radical (unpaired) electrons. The number of nitrogens with one attached hydrogen (secondary N) is 2. The SMILES string of the molecule is C[C@@H](OC(=O)CSCc1ccccc1Cl)C(=O)NC(=O)NC1CCCC1. The molecule has 1 aromatic carbocycles. The van der Waals surface area contributed by atoms with Gasteiger partial charge < -0.3 is 10.1 Å². The van der Waals surface area contributed by atoms with Crippen molar-refractivity contribution in [1.29, 1.82) is 0 Å². The topological polar surface area (TPSA) is 84.5 Å². The van der Waals surface area contributed by atoms with E-state index in [-0.39, 0.29) is 11.8 Å². The number of carbonyl (C=O) groups is 3. The van der Waals surface area contributed by atoms with Crippen LogP contribution in [0.3, 0.4) is 0 Å². The molecule has 1 fully saturated rings.